The molecule has 4 rings (SSSR count). The van der Waals surface area contributed by atoms with Crippen LogP contribution in [0.3, 0.4) is 0 Å². The molecular weight excluding hydrogens is 420 g/mol. The Morgan fingerprint density at radius 2 is 1.71 bits per heavy atom. The van der Waals surface area contributed by atoms with E-state index < -0.39 is 0 Å². The fourth-order valence-corrected chi connectivity index (χ4v) is 4.37. The molecule has 0 bridgehead atoms. The van der Waals surface area contributed by atoms with Gasteiger partial charge in [-0.1, -0.05) is 67.3 Å². The van der Waals surface area contributed by atoms with Crippen LogP contribution in [0, 0.1) is 6.92 Å². The zero-order valence-corrected chi connectivity index (χ0v) is 20.3. The normalized spacial score (nSPS) is 13.1. The Morgan fingerprint density at radius 3 is 2.32 bits per heavy atom. The lowest BCUT2D eigenvalue weighted by atomic mass is 9.99. The highest BCUT2D eigenvalue weighted by molar-refractivity contribution is 5.93. The minimum absolute atomic E-state index is 0.00125. The van der Waals surface area contributed by atoms with Gasteiger partial charge in [0.05, 0.1) is 0 Å². The van der Waals surface area contributed by atoms with Crippen molar-refractivity contribution in [3.8, 4) is 5.75 Å². The number of hydrogen-bond acceptors (Lipinski definition) is 3. The van der Waals surface area contributed by atoms with E-state index in [1.165, 1.54) is 22.3 Å². The third-order valence-corrected chi connectivity index (χ3v) is 6.26. The fraction of sp³-hybridized carbons (Fsp3) is 0.233. The second kappa shape index (κ2) is 10.5. The zero-order chi connectivity index (χ0) is 24.1. The Labute approximate surface area is 202 Å². The van der Waals surface area contributed by atoms with Crippen molar-refractivity contribution < 1.29 is 9.53 Å². The van der Waals surface area contributed by atoms with Gasteiger partial charge in [0.25, 0.3) is 5.91 Å². The average Bonchev–Trinajstić information content (AvgIpc) is 3.25. The summed E-state index contributed by atoms with van der Waals surface area (Å²) in [6.07, 6.45) is 5.91. The van der Waals surface area contributed by atoms with Crippen LogP contribution in [0.5, 0.6) is 5.75 Å². The third kappa shape index (κ3) is 5.29. The summed E-state index contributed by atoms with van der Waals surface area (Å²) in [6.45, 7) is 9.23. The number of carbonyl (C=O) groups is 1. The number of allylic oxidation sites excluding steroid dienone is 2. The van der Waals surface area contributed by atoms with Gasteiger partial charge >= 0.3 is 0 Å². The third-order valence-electron chi connectivity index (χ3n) is 6.26. The molecule has 0 saturated heterocycles. The van der Waals surface area contributed by atoms with Crippen LogP contribution in [0.25, 0.3) is 6.08 Å². The van der Waals surface area contributed by atoms with Crippen molar-refractivity contribution in [1.82, 2.24) is 9.80 Å². The van der Waals surface area contributed by atoms with Gasteiger partial charge < -0.3 is 9.64 Å². The van der Waals surface area contributed by atoms with Crippen molar-refractivity contribution in [3.05, 3.63) is 118 Å². The minimum Gasteiger partial charge on any atom is -0.489 e. The maximum Gasteiger partial charge on any atom is 0.253 e. The van der Waals surface area contributed by atoms with E-state index in [0.29, 0.717) is 12.2 Å². The average molecular weight is 453 g/mol. The van der Waals surface area contributed by atoms with Crippen LogP contribution >= 0.6 is 0 Å². The van der Waals surface area contributed by atoms with Crippen molar-refractivity contribution in [3.63, 3.8) is 0 Å². The molecule has 4 nitrogen and oxygen atoms in total. The molecule has 0 aliphatic carbocycles. The molecule has 34 heavy (non-hydrogen) atoms. The number of amides is 1. The molecule has 3 aromatic rings. The summed E-state index contributed by atoms with van der Waals surface area (Å²) in [6, 6.07) is 20.5. The van der Waals surface area contributed by atoms with Crippen LogP contribution in [0.4, 0.5) is 0 Å². The molecule has 4 heteroatoms. The summed E-state index contributed by atoms with van der Waals surface area (Å²) in [7, 11) is 3.51. The Kier molecular flexibility index (Phi) is 7.29. The molecule has 0 fully saturated rings. The Hall–Kier alpha value is -3.63. The lowest BCUT2D eigenvalue weighted by Gasteiger charge is -2.20. The zero-order valence-electron chi connectivity index (χ0n) is 20.3. The van der Waals surface area contributed by atoms with Crippen LogP contribution in [0.15, 0.2) is 79.4 Å². The molecular formula is C30H32N2O2. The van der Waals surface area contributed by atoms with E-state index in [0.717, 1.165) is 36.5 Å². The van der Waals surface area contributed by atoms with Crippen molar-refractivity contribution >= 4 is 12.0 Å². The smallest absolute Gasteiger partial charge is 0.253 e. The van der Waals surface area contributed by atoms with Gasteiger partial charge in [-0.25, -0.2) is 0 Å². The SMILES string of the molecule is C=C/C=C\c1c(CN2Cc3ccccc3C2)ccc(OCc2ccc(C(=O)N(C)C)cc2)c1C. The maximum atomic E-state index is 12.1. The Balaban J connectivity index is 1.49. The quantitative estimate of drug-likeness (QED) is 0.394. The topological polar surface area (TPSA) is 32.8 Å². The molecule has 0 radical (unpaired) electrons. The van der Waals surface area contributed by atoms with E-state index in [-0.39, 0.29) is 5.91 Å². The highest BCUT2D eigenvalue weighted by Gasteiger charge is 2.20. The largest absolute Gasteiger partial charge is 0.489 e. The van der Waals surface area contributed by atoms with Crippen LogP contribution in [0.1, 0.15) is 43.7 Å². The molecule has 0 aromatic heterocycles. The summed E-state index contributed by atoms with van der Waals surface area (Å²) in [5.74, 6) is 0.865. The van der Waals surface area contributed by atoms with Crippen LogP contribution in [-0.2, 0) is 26.2 Å². The maximum absolute atomic E-state index is 12.1. The van der Waals surface area contributed by atoms with Crippen molar-refractivity contribution in [1.29, 1.82) is 0 Å². The van der Waals surface area contributed by atoms with Gasteiger partial charge in [-0.2, -0.15) is 0 Å². The van der Waals surface area contributed by atoms with E-state index in [9.17, 15) is 4.79 Å². The van der Waals surface area contributed by atoms with E-state index in [1.54, 1.807) is 25.1 Å². The van der Waals surface area contributed by atoms with Crippen LogP contribution in [-0.4, -0.2) is 29.8 Å². The summed E-state index contributed by atoms with van der Waals surface area (Å²) in [4.78, 5) is 16.2. The molecule has 1 aliphatic rings. The predicted molar refractivity (Wildman–Crippen MR) is 139 cm³/mol. The van der Waals surface area contributed by atoms with Crippen molar-refractivity contribution in [2.75, 3.05) is 14.1 Å². The van der Waals surface area contributed by atoms with Crippen LogP contribution < -0.4 is 4.74 Å². The summed E-state index contributed by atoms with van der Waals surface area (Å²) in [5.41, 5.74) is 8.11. The second-order valence-electron chi connectivity index (χ2n) is 8.96. The van der Waals surface area contributed by atoms with Gasteiger partial charge in [-0.15, -0.1) is 0 Å². The number of rotatable bonds is 8. The van der Waals surface area contributed by atoms with E-state index in [4.69, 9.17) is 4.74 Å². The highest BCUT2D eigenvalue weighted by Crippen LogP contribution is 2.30. The predicted octanol–water partition coefficient (Wildman–Crippen LogP) is 5.99. The molecule has 1 amide bonds. The molecule has 0 spiro atoms. The van der Waals surface area contributed by atoms with Gasteiger partial charge in [0, 0.05) is 39.3 Å². The second-order valence-corrected chi connectivity index (χ2v) is 8.96. The first-order valence-corrected chi connectivity index (χ1v) is 11.6. The number of hydrogen-bond donors (Lipinski definition) is 0. The number of benzene rings is 3. The molecule has 0 N–H and O–H groups in total. The minimum atomic E-state index is -0.00125. The molecule has 3 aromatic carbocycles. The van der Waals surface area contributed by atoms with Gasteiger partial charge in [-0.3, -0.25) is 9.69 Å². The highest BCUT2D eigenvalue weighted by atomic mass is 16.5. The number of ether oxygens (including phenoxy) is 1. The van der Waals surface area contributed by atoms with E-state index in [1.807, 2.05) is 30.3 Å². The summed E-state index contributed by atoms with van der Waals surface area (Å²) in [5, 5.41) is 0. The van der Waals surface area contributed by atoms with E-state index in [2.05, 4.69) is 60.9 Å². The molecule has 0 saturated carbocycles. The molecule has 1 heterocycles. The Morgan fingerprint density at radius 1 is 1.03 bits per heavy atom. The number of carbonyl (C=O) groups excluding carboxylic acids is 1. The van der Waals surface area contributed by atoms with E-state index >= 15 is 0 Å². The standard InChI is InChI=1S/C30H32N2O2/c1-5-6-11-28-22(2)29(34-21-23-12-14-24(15-13-23)30(33)31(3)4)17-16-27(28)20-32-18-25-9-7-8-10-26(25)19-32/h5-17H,1,18-21H2,2-4H3/b11-6-. The fourth-order valence-electron chi connectivity index (χ4n) is 4.37. The first-order valence-electron chi connectivity index (χ1n) is 11.6. The van der Waals surface area contributed by atoms with Crippen molar-refractivity contribution in [2.45, 2.75) is 33.2 Å². The van der Waals surface area contributed by atoms with Gasteiger partial charge in [0.1, 0.15) is 12.4 Å². The molecule has 0 atom stereocenters. The lowest BCUT2D eigenvalue weighted by Crippen LogP contribution is -2.21. The summed E-state index contributed by atoms with van der Waals surface area (Å²) >= 11 is 0. The van der Waals surface area contributed by atoms with Crippen LogP contribution in [0.2, 0.25) is 0 Å². The molecule has 1 aliphatic heterocycles. The monoisotopic (exact) mass is 452 g/mol. The van der Waals surface area contributed by atoms with Gasteiger partial charge in [0.15, 0.2) is 0 Å². The first-order chi connectivity index (χ1) is 16.5. The number of nitrogens with zero attached hydrogens (tertiary/aromatic N) is 2. The molecule has 0 unspecified atom stereocenters. The molecule has 174 valence electrons. The Bertz CT molecular complexity index is 1180. The van der Waals surface area contributed by atoms with Gasteiger partial charge in [0.2, 0.25) is 0 Å². The first kappa shape index (κ1) is 23.5. The van der Waals surface area contributed by atoms with Crippen molar-refractivity contribution in [2.24, 2.45) is 0 Å². The summed E-state index contributed by atoms with van der Waals surface area (Å²) < 4.78 is 6.20. The van der Waals surface area contributed by atoms with Gasteiger partial charge in [-0.05, 0) is 58.5 Å². The lowest BCUT2D eigenvalue weighted by molar-refractivity contribution is 0.0827. The number of fused-ring (bicyclic) bond motifs is 1.